The number of rotatable bonds is 6. The van der Waals surface area contributed by atoms with Crippen molar-refractivity contribution in [2.45, 2.75) is 63.7 Å². The average molecular weight is 252 g/mol. The third-order valence-electron chi connectivity index (χ3n) is 3.17. The van der Waals surface area contributed by atoms with Crippen LogP contribution in [-0.4, -0.2) is 31.3 Å². The molecule has 1 aliphatic rings. The van der Waals surface area contributed by atoms with Crippen LogP contribution in [0.25, 0.3) is 0 Å². The van der Waals surface area contributed by atoms with E-state index in [9.17, 15) is 13.2 Å². The van der Waals surface area contributed by atoms with Crippen molar-refractivity contribution in [2.24, 2.45) is 0 Å². The summed E-state index contributed by atoms with van der Waals surface area (Å²) in [5.74, 6) is 0. The summed E-state index contributed by atoms with van der Waals surface area (Å²) in [7, 11) is 0. The average Bonchev–Trinajstić information content (AvgIpc) is 2.23. The van der Waals surface area contributed by atoms with E-state index < -0.39 is 18.6 Å². The predicted octanol–water partition coefficient (Wildman–Crippen LogP) is 2.84. The van der Waals surface area contributed by atoms with Crippen molar-refractivity contribution in [2.75, 3.05) is 13.1 Å². The fraction of sp³-hybridized carbons (Fsp3) is 1.00. The lowest BCUT2D eigenvalue weighted by Gasteiger charge is -2.23. The fourth-order valence-corrected chi connectivity index (χ4v) is 2.29. The quantitative estimate of drug-likeness (QED) is 0.710. The molecule has 0 aromatic rings. The normalized spacial score (nSPS) is 23.6. The van der Waals surface area contributed by atoms with Crippen molar-refractivity contribution in [3.05, 3.63) is 0 Å². The first kappa shape index (κ1) is 14.8. The first-order valence-electron chi connectivity index (χ1n) is 6.51. The molecule has 0 aromatic heterocycles. The Kier molecular flexibility index (Phi) is 6.27. The molecule has 0 radical (unpaired) electrons. The van der Waals surface area contributed by atoms with Gasteiger partial charge in [-0.05, 0) is 45.7 Å². The van der Waals surface area contributed by atoms with Gasteiger partial charge in [0.25, 0.3) is 0 Å². The molecular weight excluding hydrogens is 229 g/mol. The van der Waals surface area contributed by atoms with E-state index in [1.54, 1.807) is 6.92 Å². The Morgan fingerprint density at radius 1 is 1.35 bits per heavy atom. The Hall–Kier alpha value is -0.290. The van der Waals surface area contributed by atoms with Gasteiger partial charge in [-0.3, -0.25) is 0 Å². The van der Waals surface area contributed by atoms with Gasteiger partial charge < -0.3 is 10.6 Å². The molecule has 1 rings (SSSR count). The van der Waals surface area contributed by atoms with Gasteiger partial charge >= 0.3 is 6.18 Å². The molecule has 0 bridgehead atoms. The third-order valence-corrected chi connectivity index (χ3v) is 3.17. The number of alkyl halides is 3. The molecule has 0 saturated carbocycles. The smallest absolute Gasteiger partial charge is 0.314 e. The molecule has 102 valence electrons. The topological polar surface area (TPSA) is 24.1 Å². The summed E-state index contributed by atoms with van der Waals surface area (Å²) in [6.07, 6.45) is 0.933. The number of hydrogen-bond donors (Lipinski definition) is 2. The minimum absolute atomic E-state index is 0.477. The summed E-state index contributed by atoms with van der Waals surface area (Å²) in [5.41, 5.74) is 0. The maximum absolute atomic E-state index is 12.1. The summed E-state index contributed by atoms with van der Waals surface area (Å²) >= 11 is 0. The molecule has 2 atom stereocenters. The lowest BCUT2D eigenvalue weighted by Crippen LogP contribution is -2.36. The van der Waals surface area contributed by atoms with Gasteiger partial charge in [0.1, 0.15) is 0 Å². The Bertz CT molecular complexity index is 200. The van der Waals surface area contributed by atoms with Crippen LogP contribution >= 0.6 is 0 Å². The fourth-order valence-electron chi connectivity index (χ4n) is 2.29. The summed E-state index contributed by atoms with van der Waals surface area (Å²) in [6.45, 7) is 3.35. The van der Waals surface area contributed by atoms with E-state index in [1.165, 1.54) is 19.3 Å². The van der Waals surface area contributed by atoms with Crippen molar-refractivity contribution in [3.63, 3.8) is 0 Å². The highest BCUT2D eigenvalue weighted by molar-refractivity contribution is 4.73. The number of piperidine rings is 1. The summed E-state index contributed by atoms with van der Waals surface area (Å²) in [4.78, 5) is 0. The molecule has 17 heavy (non-hydrogen) atoms. The van der Waals surface area contributed by atoms with Gasteiger partial charge in [0.2, 0.25) is 0 Å². The van der Waals surface area contributed by atoms with Gasteiger partial charge in [-0.2, -0.15) is 13.2 Å². The van der Waals surface area contributed by atoms with Crippen LogP contribution in [0.3, 0.4) is 0 Å². The van der Waals surface area contributed by atoms with E-state index in [0.29, 0.717) is 12.6 Å². The SMILES string of the molecule is CC(CC(F)(F)F)NCCCC1CCCCN1. The zero-order chi connectivity index (χ0) is 12.7. The summed E-state index contributed by atoms with van der Waals surface area (Å²) < 4.78 is 36.2. The van der Waals surface area contributed by atoms with Crippen LogP contribution in [0.2, 0.25) is 0 Å². The second-order valence-corrected chi connectivity index (χ2v) is 4.96. The Labute approximate surface area is 101 Å². The minimum Gasteiger partial charge on any atom is -0.314 e. The first-order valence-corrected chi connectivity index (χ1v) is 6.51. The molecule has 2 nitrogen and oxygen atoms in total. The van der Waals surface area contributed by atoms with Crippen LogP contribution in [0.5, 0.6) is 0 Å². The largest absolute Gasteiger partial charge is 0.390 e. The monoisotopic (exact) mass is 252 g/mol. The van der Waals surface area contributed by atoms with E-state index in [2.05, 4.69) is 10.6 Å². The second-order valence-electron chi connectivity index (χ2n) is 4.96. The summed E-state index contributed by atoms with van der Waals surface area (Å²) in [6, 6.07) is 0.0952. The predicted molar refractivity (Wildman–Crippen MR) is 63.0 cm³/mol. The molecule has 0 aliphatic carbocycles. The van der Waals surface area contributed by atoms with Crippen molar-refractivity contribution in [1.82, 2.24) is 10.6 Å². The van der Waals surface area contributed by atoms with Crippen LogP contribution in [0.4, 0.5) is 13.2 Å². The van der Waals surface area contributed by atoms with Gasteiger partial charge in [-0.25, -0.2) is 0 Å². The van der Waals surface area contributed by atoms with Crippen LogP contribution in [0.1, 0.15) is 45.4 Å². The number of hydrogen-bond acceptors (Lipinski definition) is 2. The van der Waals surface area contributed by atoms with E-state index in [1.807, 2.05) is 0 Å². The highest BCUT2D eigenvalue weighted by atomic mass is 19.4. The van der Waals surface area contributed by atoms with Crippen LogP contribution in [-0.2, 0) is 0 Å². The maximum atomic E-state index is 12.1. The highest BCUT2D eigenvalue weighted by Crippen LogP contribution is 2.21. The van der Waals surface area contributed by atoms with Gasteiger partial charge in [0.05, 0.1) is 6.42 Å². The molecule has 1 fully saturated rings. The number of halogens is 3. The molecule has 1 aliphatic heterocycles. The molecule has 0 aromatic carbocycles. The van der Waals surface area contributed by atoms with E-state index in [-0.39, 0.29) is 0 Å². The van der Waals surface area contributed by atoms with E-state index in [0.717, 1.165) is 19.4 Å². The van der Waals surface area contributed by atoms with Crippen LogP contribution in [0.15, 0.2) is 0 Å². The zero-order valence-corrected chi connectivity index (χ0v) is 10.4. The molecule has 2 N–H and O–H groups in total. The lowest BCUT2D eigenvalue weighted by molar-refractivity contribution is -0.139. The van der Waals surface area contributed by atoms with Gasteiger partial charge in [0, 0.05) is 12.1 Å². The Morgan fingerprint density at radius 3 is 2.71 bits per heavy atom. The minimum atomic E-state index is -4.06. The summed E-state index contributed by atoms with van der Waals surface area (Å²) in [5, 5.41) is 6.37. The molecule has 0 spiro atoms. The molecular formula is C12H23F3N2. The van der Waals surface area contributed by atoms with Crippen molar-refractivity contribution >= 4 is 0 Å². The molecule has 1 heterocycles. The third kappa shape index (κ3) is 7.60. The number of nitrogens with one attached hydrogen (secondary N) is 2. The maximum Gasteiger partial charge on any atom is 0.390 e. The molecule has 2 unspecified atom stereocenters. The van der Waals surface area contributed by atoms with Crippen LogP contribution in [0, 0.1) is 0 Å². The van der Waals surface area contributed by atoms with Gasteiger partial charge in [-0.1, -0.05) is 6.42 Å². The van der Waals surface area contributed by atoms with Crippen molar-refractivity contribution < 1.29 is 13.2 Å². The van der Waals surface area contributed by atoms with Gasteiger partial charge in [-0.15, -0.1) is 0 Å². The second kappa shape index (κ2) is 7.21. The first-order chi connectivity index (χ1) is 7.97. The Morgan fingerprint density at radius 2 is 2.12 bits per heavy atom. The Balaban J connectivity index is 1.99. The standard InChI is InChI=1S/C12H23F3N2/c1-10(9-12(13,14)15)16-8-4-6-11-5-2-3-7-17-11/h10-11,16-17H,2-9H2,1H3. The molecule has 1 saturated heterocycles. The van der Waals surface area contributed by atoms with E-state index in [4.69, 9.17) is 0 Å². The van der Waals surface area contributed by atoms with Gasteiger partial charge in [0.15, 0.2) is 0 Å². The zero-order valence-electron chi connectivity index (χ0n) is 10.4. The van der Waals surface area contributed by atoms with E-state index >= 15 is 0 Å². The lowest BCUT2D eigenvalue weighted by atomic mass is 10.0. The van der Waals surface area contributed by atoms with Crippen LogP contribution < -0.4 is 10.6 Å². The van der Waals surface area contributed by atoms with Crippen molar-refractivity contribution in [3.8, 4) is 0 Å². The molecule has 5 heteroatoms. The molecule has 0 amide bonds. The highest BCUT2D eigenvalue weighted by Gasteiger charge is 2.29. The van der Waals surface area contributed by atoms with Crippen molar-refractivity contribution in [1.29, 1.82) is 0 Å².